The van der Waals surface area contributed by atoms with E-state index in [4.69, 9.17) is 4.98 Å². The normalized spacial score (nSPS) is 17.0. The number of nitrogens with zero attached hydrogens (tertiary/aromatic N) is 4. The van der Waals surface area contributed by atoms with Crippen LogP contribution in [0.4, 0.5) is 5.13 Å². The Labute approximate surface area is 213 Å². The lowest BCUT2D eigenvalue weighted by Gasteiger charge is -2.35. The molecule has 7 nitrogen and oxygen atoms in total. The summed E-state index contributed by atoms with van der Waals surface area (Å²) in [5.41, 5.74) is 3.88. The number of hydrogen-bond acceptors (Lipinski definition) is 7. The van der Waals surface area contributed by atoms with Gasteiger partial charge in [-0.05, 0) is 60.9 Å². The van der Waals surface area contributed by atoms with Crippen LogP contribution in [-0.4, -0.2) is 41.2 Å². The molecular weight excluding hydrogens is 501 g/mol. The van der Waals surface area contributed by atoms with Crippen LogP contribution in [-0.2, 0) is 21.4 Å². The van der Waals surface area contributed by atoms with Crippen molar-refractivity contribution in [3.63, 3.8) is 0 Å². The summed E-state index contributed by atoms with van der Waals surface area (Å²) in [5.74, 6) is -0.247. The molecule has 1 amide bonds. The van der Waals surface area contributed by atoms with E-state index in [1.807, 2.05) is 32.0 Å². The molecule has 4 aromatic rings. The number of benzene rings is 1. The molecule has 0 aliphatic carbocycles. The Morgan fingerprint density at radius 1 is 1.14 bits per heavy atom. The van der Waals surface area contributed by atoms with Crippen LogP contribution in [0.5, 0.6) is 0 Å². The van der Waals surface area contributed by atoms with Crippen molar-refractivity contribution in [1.82, 2.24) is 14.3 Å². The number of thiophene rings is 1. The number of rotatable bonds is 6. The van der Waals surface area contributed by atoms with Gasteiger partial charge in [-0.3, -0.25) is 14.7 Å². The number of fused-ring (bicyclic) bond motifs is 1. The third kappa shape index (κ3) is 4.63. The van der Waals surface area contributed by atoms with Crippen molar-refractivity contribution in [3.05, 3.63) is 70.9 Å². The number of amides is 1. The highest BCUT2D eigenvalue weighted by atomic mass is 32.2. The third-order valence-electron chi connectivity index (χ3n) is 6.29. The second-order valence-corrected chi connectivity index (χ2v) is 12.8. The smallest absolute Gasteiger partial charge is 0.253 e. The molecule has 3 aromatic heterocycles. The standard InChI is InChI=1S/C25H26N4O3S3/c1-17-10-11-18(2)23-22(17)27-25(34-23)28(16-19-7-5-12-26-15-19)24(30)20-8-3-4-13-29(20)35(31,32)21-9-6-14-33-21/h5-7,9-12,14-15,20H,3-4,8,13,16H2,1-2H3. The zero-order chi connectivity index (χ0) is 24.6. The van der Waals surface area contributed by atoms with Crippen LogP contribution in [0.25, 0.3) is 10.2 Å². The SMILES string of the molecule is Cc1ccc(C)c2sc(N(Cc3cccnc3)C(=O)C3CCCCN3S(=O)(=O)c3cccs3)nc12. The number of carbonyl (C=O) groups is 1. The second kappa shape index (κ2) is 9.77. The first-order chi connectivity index (χ1) is 16.9. The number of thiazole rings is 1. The third-order valence-corrected chi connectivity index (χ3v) is 10.8. The number of hydrogen-bond donors (Lipinski definition) is 0. The van der Waals surface area contributed by atoms with Gasteiger partial charge in [0.05, 0.1) is 16.8 Å². The minimum absolute atomic E-state index is 0.247. The molecule has 0 saturated carbocycles. The number of sulfonamides is 1. The summed E-state index contributed by atoms with van der Waals surface area (Å²) in [5, 5.41) is 2.32. The summed E-state index contributed by atoms with van der Waals surface area (Å²) in [7, 11) is -3.76. The highest BCUT2D eigenvalue weighted by molar-refractivity contribution is 7.91. The molecule has 0 N–H and O–H groups in total. The second-order valence-electron chi connectivity index (χ2n) is 8.72. The maximum Gasteiger partial charge on any atom is 0.253 e. The zero-order valence-corrected chi connectivity index (χ0v) is 22.0. The van der Waals surface area contributed by atoms with Crippen molar-refractivity contribution in [2.24, 2.45) is 0 Å². The molecule has 1 unspecified atom stereocenters. The Hall–Kier alpha value is -2.66. The predicted molar refractivity (Wildman–Crippen MR) is 140 cm³/mol. The number of piperidine rings is 1. The van der Waals surface area contributed by atoms with E-state index in [2.05, 4.69) is 11.1 Å². The van der Waals surface area contributed by atoms with Gasteiger partial charge in [0.25, 0.3) is 10.0 Å². The van der Waals surface area contributed by atoms with Crippen LogP contribution in [0.15, 0.2) is 58.4 Å². The van der Waals surface area contributed by atoms with Crippen LogP contribution >= 0.6 is 22.7 Å². The minimum atomic E-state index is -3.76. The van der Waals surface area contributed by atoms with E-state index in [0.717, 1.165) is 39.7 Å². The van der Waals surface area contributed by atoms with Gasteiger partial charge in [0, 0.05) is 18.9 Å². The molecule has 0 bridgehead atoms. The largest absolute Gasteiger partial charge is 0.282 e. The molecule has 0 spiro atoms. The van der Waals surface area contributed by atoms with Crippen molar-refractivity contribution in [1.29, 1.82) is 0 Å². The van der Waals surface area contributed by atoms with Gasteiger partial charge in [0.15, 0.2) is 5.13 Å². The lowest BCUT2D eigenvalue weighted by molar-refractivity contribution is -0.123. The minimum Gasteiger partial charge on any atom is -0.282 e. The number of aryl methyl sites for hydroxylation is 2. The molecule has 1 saturated heterocycles. The first kappa shape index (κ1) is 24.1. The summed E-state index contributed by atoms with van der Waals surface area (Å²) in [6.07, 6.45) is 5.43. The van der Waals surface area contributed by atoms with Gasteiger partial charge >= 0.3 is 0 Å². The van der Waals surface area contributed by atoms with Gasteiger partial charge in [-0.25, -0.2) is 13.4 Å². The molecule has 10 heteroatoms. The van der Waals surface area contributed by atoms with Crippen molar-refractivity contribution in [2.75, 3.05) is 11.4 Å². The molecule has 4 heterocycles. The summed E-state index contributed by atoms with van der Waals surface area (Å²) in [6.45, 7) is 4.64. The molecule has 35 heavy (non-hydrogen) atoms. The molecular formula is C25H26N4O3S3. The van der Waals surface area contributed by atoms with E-state index in [1.165, 1.54) is 27.0 Å². The van der Waals surface area contributed by atoms with Crippen LogP contribution in [0.2, 0.25) is 0 Å². The van der Waals surface area contributed by atoms with Crippen molar-refractivity contribution in [2.45, 2.75) is 49.9 Å². The Balaban J connectivity index is 1.57. The van der Waals surface area contributed by atoms with Gasteiger partial charge in [-0.1, -0.05) is 42.0 Å². The molecule has 1 fully saturated rings. The summed E-state index contributed by atoms with van der Waals surface area (Å²) >= 11 is 2.65. The molecule has 182 valence electrons. The first-order valence-corrected chi connectivity index (χ1v) is 14.6. The summed E-state index contributed by atoms with van der Waals surface area (Å²) in [6, 6.07) is 10.4. The quantitative estimate of drug-likeness (QED) is 0.347. The van der Waals surface area contributed by atoms with Gasteiger partial charge in [-0.2, -0.15) is 4.31 Å². The van der Waals surface area contributed by atoms with Gasteiger partial charge < -0.3 is 0 Å². The van der Waals surface area contributed by atoms with Crippen molar-refractivity contribution < 1.29 is 13.2 Å². The molecule has 1 aromatic carbocycles. The highest BCUT2D eigenvalue weighted by Crippen LogP contribution is 2.36. The maximum absolute atomic E-state index is 14.1. The van der Waals surface area contributed by atoms with Crippen LogP contribution in [0.3, 0.4) is 0 Å². The Morgan fingerprint density at radius 3 is 2.69 bits per heavy atom. The van der Waals surface area contributed by atoms with Crippen LogP contribution in [0.1, 0.15) is 36.0 Å². The van der Waals surface area contributed by atoms with E-state index in [1.54, 1.807) is 34.8 Å². The molecule has 1 aliphatic heterocycles. The molecule has 1 atom stereocenters. The van der Waals surface area contributed by atoms with Gasteiger partial charge in [0.1, 0.15) is 10.3 Å². The molecule has 1 aliphatic rings. The topological polar surface area (TPSA) is 83.5 Å². The Kier molecular flexibility index (Phi) is 6.71. The van der Waals surface area contributed by atoms with Crippen molar-refractivity contribution >= 4 is 54.0 Å². The Morgan fingerprint density at radius 2 is 1.97 bits per heavy atom. The van der Waals surface area contributed by atoms with E-state index < -0.39 is 16.1 Å². The number of carbonyl (C=O) groups excluding carboxylic acids is 1. The monoisotopic (exact) mass is 526 g/mol. The predicted octanol–water partition coefficient (Wildman–Crippen LogP) is 5.15. The fraction of sp³-hybridized carbons (Fsp3) is 0.320. The average molecular weight is 527 g/mol. The van der Waals surface area contributed by atoms with Crippen LogP contribution in [0, 0.1) is 13.8 Å². The number of anilines is 1. The van der Waals surface area contributed by atoms with E-state index >= 15 is 0 Å². The molecule has 5 rings (SSSR count). The average Bonchev–Trinajstić information content (AvgIpc) is 3.57. The van der Waals surface area contributed by atoms with E-state index in [9.17, 15) is 13.2 Å². The summed E-state index contributed by atoms with van der Waals surface area (Å²) in [4.78, 5) is 24.9. The maximum atomic E-state index is 14.1. The number of pyridine rings is 1. The fourth-order valence-electron chi connectivity index (χ4n) is 4.42. The fourth-order valence-corrected chi connectivity index (χ4v) is 8.31. The summed E-state index contributed by atoms with van der Waals surface area (Å²) < 4.78 is 29.6. The zero-order valence-electron chi connectivity index (χ0n) is 19.5. The van der Waals surface area contributed by atoms with Gasteiger partial charge in [0.2, 0.25) is 5.91 Å². The Bertz CT molecular complexity index is 1410. The lowest BCUT2D eigenvalue weighted by Crippen LogP contribution is -2.52. The van der Waals surface area contributed by atoms with Crippen molar-refractivity contribution in [3.8, 4) is 0 Å². The van der Waals surface area contributed by atoms with Gasteiger partial charge in [-0.15, -0.1) is 11.3 Å². The van der Waals surface area contributed by atoms with E-state index in [-0.39, 0.29) is 16.7 Å². The lowest BCUT2D eigenvalue weighted by atomic mass is 10.0. The van der Waals surface area contributed by atoms with Crippen LogP contribution < -0.4 is 4.90 Å². The first-order valence-electron chi connectivity index (χ1n) is 11.5. The number of aromatic nitrogens is 2. The van der Waals surface area contributed by atoms with E-state index in [0.29, 0.717) is 18.1 Å². The molecule has 0 radical (unpaired) electrons. The highest BCUT2D eigenvalue weighted by Gasteiger charge is 2.41.